The molecule has 0 saturated heterocycles. The fourth-order valence-corrected chi connectivity index (χ4v) is 2.73. The van der Waals surface area contributed by atoms with Crippen LogP contribution in [-0.4, -0.2) is 25.2 Å². The van der Waals surface area contributed by atoms with Gasteiger partial charge >= 0.3 is 0 Å². The lowest BCUT2D eigenvalue weighted by Gasteiger charge is -2.20. The smallest absolute Gasteiger partial charge is 0.260 e. The molecule has 0 aliphatic rings. The maximum atomic E-state index is 12.2. The Bertz CT molecular complexity index is 760. The average molecular weight is 370 g/mol. The molecule has 1 unspecified atom stereocenters. The zero-order valence-corrected chi connectivity index (χ0v) is 17.3. The molecule has 0 bridgehead atoms. The summed E-state index contributed by atoms with van der Waals surface area (Å²) in [6.45, 7) is 13.2. The number of benzene rings is 2. The van der Waals surface area contributed by atoms with Gasteiger partial charge in [-0.2, -0.15) is 0 Å². The molecule has 0 radical (unpaired) electrons. The van der Waals surface area contributed by atoms with E-state index in [1.54, 1.807) is 6.92 Å². The van der Waals surface area contributed by atoms with E-state index in [0.717, 1.165) is 11.3 Å². The number of amides is 1. The molecule has 0 spiro atoms. The largest absolute Gasteiger partial charge is 0.491 e. The van der Waals surface area contributed by atoms with E-state index in [9.17, 15) is 4.79 Å². The minimum atomic E-state index is -0.563. The molecule has 2 aromatic carbocycles. The Morgan fingerprint density at radius 1 is 1.07 bits per heavy atom. The first-order valence-electron chi connectivity index (χ1n) is 9.42. The van der Waals surface area contributed by atoms with Crippen molar-refractivity contribution in [2.45, 2.75) is 53.1 Å². The molecule has 2 aromatic rings. The van der Waals surface area contributed by atoms with Crippen molar-refractivity contribution in [2.75, 3.05) is 13.2 Å². The molecule has 2 rings (SSSR count). The molecule has 0 fully saturated rings. The molecular weight excluding hydrogens is 338 g/mol. The van der Waals surface area contributed by atoms with Gasteiger partial charge in [0, 0.05) is 0 Å². The van der Waals surface area contributed by atoms with Crippen LogP contribution in [0.4, 0.5) is 0 Å². The third kappa shape index (κ3) is 6.31. The van der Waals surface area contributed by atoms with Gasteiger partial charge in [-0.05, 0) is 55.5 Å². The molecule has 4 nitrogen and oxygen atoms in total. The summed E-state index contributed by atoms with van der Waals surface area (Å²) >= 11 is 0. The van der Waals surface area contributed by atoms with Gasteiger partial charge in [-0.25, -0.2) is 0 Å². The van der Waals surface area contributed by atoms with Crippen LogP contribution in [-0.2, 0) is 10.2 Å². The predicted molar refractivity (Wildman–Crippen MR) is 110 cm³/mol. The number of carbonyl (C=O) groups is 1. The summed E-state index contributed by atoms with van der Waals surface area (Å²) in [7, 11) is 0. The zero-order chi connectivity index (χ0) is 20.0. The van der Waals surface area contributed by atoms with Crippen molar-refractivity contribution in [2.24, 2.45) is 0 Å². The van der Waals surface area contributed by atoms with Crippen molar-refractivity contribution in [1.29, 1.82) is 0 Å². The number of hydrogen-bond donors (Lipinski definition) is 1. The summed E-state index contributed by atoms with van der Waals surface area (Å²) in [6, 6.07) is 14.0. The third-order valence-corrected chi connectivity index (χ3v) is 4.39. The van der Waals surface area contributed by atoms with Gasteiger partial charge in [-0.1, -0.05) is 50.6 Å². The van der Waals surface area contributed by atoms with Crippen LogP contribution in [0.5, 0.6) is 11.5 Å². The van der Waals surface area contributed by atoms with Gasteiger partial charge in [0.25, 0.3) is 5.91 Å². The van der Waals surface area contributed by atoms with Crippen molar-refractivity contribution in [3.8, 4) is 11.5 Å². The first kappa shape index (κ1) is 20.8. The van der Waals surface area contributed by atoms with Gasteiger partial charge in [0.2, 0.25) is 0 Å². The van der Waals surface area contributed by atoms with Crippen molar-refractivity contribution in [3.63, 3.8) is 0 Å². The number of nitrogens with one attached hydrogen (secondary N) is 1. The highest BCUT2D eigenvalue weighted by molar-refractivity contribution is 5.80. The van der Waals surface area contributed by atoms with Crippen LogP contribution in [0.25, 0.3) is 0 Å². The van der Waals surface area contributed by atoms with Crippen molar-refractivity contribution >= 4 is 5.91 Å². The SMILES string of the molecule is Cc1ccc(OCCNC(=O)C(C)Oc2ccc(C(C)(C)C)cc2)c(C)c1. The monoisotopic (exact) mass is 369 g/mol. The molecule has 27 heavy (non-hydrogen) atoms. The number of carbonyl (C=O) groups excluding carboxylic acids is 1. The Morgan fingerprint density at radius 3 is 2.33 bits per heavy atom. The summed E-state index contributed by atoms with van der Waals surface area (Å²) in [5, 5.41) is 2.85. The second-order valence-corrected chi connectivity index (χ2v) is 7.94. The standard InChI is InChI=1S/C23H31NO3/c1-16-7-12-21(17(2)15-16)26-14-13-24-22(25)18(3)27-20-10-8-19(9-11-20)23(4,5)6/h7-12,15,18H,13-14H2,1-6H3,(H,24,25). The highest BCUT2D eigenvalue weighted by Gasteiger charge is 2.16. The topological polar surface area (TPSA) is 47.6 Å². The molecule has 146 valence electrons. The lowest BCUT2D eigenvalue weighted by Crippen LogP contribution is -2.38. The summed E-state index contributed by atoms with van der Waals surface area (Å²) < 4.78 is 11.5. The fraction of sp³-hybridized carbons (Fsp3) is 0.435. The van der Waals surface area contributed by atoms with Crippen LogP contribution < -0.4 is 14.8 Å². The van der Waals surface area contributed by atoms with E-state index < -0.39 is 6.10 Å². The van der Waals surface area contributed by atoms with Crippen LogP contribution in [0, 0.1) is 13.8 Å². The lowest BCUT2D eigenvalue weighted by molar-refractivity contribution is -0.127. The minimum absolute atomic E-state index is 0.0946. The quantitative estimate of drug-likeness (QED) is 0.728. The Morgan fingerprint density at radius 2 is 1.74 bits per heavy atom. The normalized spacial score (nSPS) is 12.4. The van der Waals surface area contributed by atoms with Crippen LogP contribution in [0.3, 0.4) is 0 Å². The molecule has 0 heterocycles. The molecule has 0 aliphatic carbocycles. The van der Waals surface area contributed by atoms with Crippen LogP contribution in [0.2, 0.25) is 0 Å². The average Bonchev–Trinajstić information content (AvgIpc) is 2.59. The fourth-order valence-electron chi connectivity index (χ4n) is 2.73. The van der Waals surface area contributed by atoms with E-state index >= 15 is 0 Å². The molecule has 0 aliphatic heterocycles. The summed E-state index contributed by atoms with van der Waals surface area (Å²) in [5.74, 6) is 1.38. The Balaban J connectivity index is 1.76. The number of rotatable bonds is 7. The first-order chi connectivity index (χ1) is 12.7. The lowest BCUT2D eigenvalue weighted by atomic mass is 9.87. The molecule has 0 saturated carbocycles. The van der Waals surface area contributed by atoms with Gasteiger partial charge < -0.3 is 14.8 Å². The molecule has 1 atom stereocenters. The van der Waals surface area contributed by atoms with Gasteiger partial charge in [-0.3, -0.25) is 4.79 Å². The number of ether oxygens (including phenoxy) is 2. The second-order valence-electron chi connectivity index (χ2n) is 7.94. The van der Waals surface area contributed by atoms with Gasteiger partial charge in [-0.15, -0.1) is 0 Å². The van der Waals surface area contributed by atoms with E-state index in [2.05, 4.69) is 39.1 Å². The Kier molecular flexibility index (Phi) is 6.89. The highest BCUT2D eigenvalue weighted by Crippen LogP contribution is 2.24. The Hall–Kier alpha value is -2.49. The van der Waals surface area contributed by atoms with E-state index in [4.69, 9.17) is 9.47 Å². The molecule has 4 heteroatoms. The summed E-state index contributed by atoms with van der Waals surface area (Å²) in [5.41, 5.74) is 3.62. The summed E-state index contributed by atoms with van der Waals surface area (Å²) in [6.07, 6.45) is -0.563. The second kappa shape index (κ2) is 8.94. The van der Waals surface area contributed by atoms with Crippen molar-refractivity contribution < 1.29 is 14.3 Å². The van der Waals surface area contributed by atoms with E-state index in [1.165, 1.54) is 11.1 Å². The predicted octanol–water partition coefficient (Wildman–Crippen LogP) is 4.56. The van der Waals surface area contributed by atoms with E-state index in [0.29, 0.717) is 18.9 Å². The van der Waals surface area contributed by atoms with Crippen LogP contribution in [0.1, 0.15) is 44.4 Å². The molecule has 1 amide bonds. The number of hydrogen-bond acceptors (Lipinski definition) is 3. The first-order valence-corrected chi connectivity index (χ1v) is 9.42. The molecule has 1 N–H and O–H groups in total. The van der Waals surface area contributed by atoms with Crippen molar-refractivity contribution in [3.05, 3.63) is 59.2 Å². The van der Waals surface area contributed by atoms with Crippen LogP contribution >= 0.6 is 0 Å². The highest BCUT2D eigenvalue weighted by atomic mass is 16.5. The van der Waals surface area contributed by atoms with Gasteiger partial charge in [0.15, 0.2) is 6.10 Å². The molecular formula is C23H31NO3. The molecule has 0 aromatic heterocycles. The maximum Gasteiger partial charge on any atom is 0.260 e. The van der Waals surface area contributed by atoms with Crippen molar-refractivity contribution in [1.82, 2.24) is 5.32 Å². The minimum Gasteiger partial charge on any atom is -0.491 e. The van der Waals surface area contributed by atoms with Gasteiger partial charge in [0.1, 0.15) is 18.1 Å². The maximum absolute atomic E-state index is 12.2. The zero-order valence-electron chi connectivity index (χ0n) is 17.3. The van der Waals surface area contributed by atoms with Crippen LogP contribution in [0.15, 0.2) is 42.5 Å². The van der Waals surface area contributed by atoms with E-state index in [-0.39, 0.29) is 11.3 Å². The van der Waals surface area contributed by atoms with Gasteiger partial charge in [0.05, 0.1) is 6.54 Å². The third-order valence-electron chi connectivity index (χ3n) is 4.39. The number of aryl methyl sites for hydroxylation is 2. The summed E-state index contributed by atoms with van der Waals surface area (Å²) in [4.78, 5) is 12.2. The Labute approximate surface area is 162 Å². The van der Waals surface area contributed by atoms with E-state index in [1.807, 2.05) is 43.3 Å².